The molecule has 2 heterocycles. The number of aromatic hydroxyl groups is 1. The number of rotatable bonds is 0. The van der Waals surface area contributed by atoms with Crippen molar-refractivity contribution in [2.24, 2.45) is 5.73 Å². The minimum absolute atomic E-state index is 0.0100. The number of fused-ring (bicyclic) bond motifs is 4. The maximum atomic E-state index is 13.3. The average molecular weight is 319 g/mol. The summed E-state index contributed by atoms with van der Waals surface area (Å²) in [6.45, 7) is 0. The van der Waals surface area contributed by atoms with Gasteiger partial charge in [0, 0.05) is 29.9 Å². The average Bonchev–Trinajstić information content (AvgIpc) is 2.78. The molecule has 0 unspecified atom stereocenters. The van der Waals surface area contributed by atoms with Crippen LogP contribution in [0.4, 0.5) is 5.69 Å². The number of benzene rings is 2. The Hall–Kier alpha value is -3.46. The molecule has 1 atom stereocenters. The van der Waals surface area contributed by atoms with E-state index in [-0.39, 0.29) is 28.9 Å². The first-order valence-corrected chi connectivity index (χ1v) is 7.31. The summed E-state index contributed by atoms with van der Waals surface area (Å²) < 4.78 is 5.51. The quantitative estimate of drug-likeness (QED) is 0.770. The predicted molar refractivity (Wildman–Crippen MR) is 86.2 cm³/mol. The molecule has 6 nitrogen and oxygen atoms in total. The number of nitrogens with two attached hydrogens (primary N) is 1. The standard InChI is InChI=1S/C18H13N3O3/c1-21-14-5-3-2-4-11(14)18(17(21)23)12-7-6-10(22)8-15(12)24-16(20)13(18)9-19/h2-8,22H,20H2,1H3/t18-/m1/s1. The maximum absolute atomic E-state index is 13.3. The Labute approximate surface area is 138 Å². The number of nitriles is 1. The smallest absolute Gasteiger partial charge is 0.247 e. The highest BCUT2D eigenvalue weighted by atomic mass is 16.5. The number of phenolic OH excluding ortho intramolecular Hbond substituents is 1. The second-order valence-corrected chi connectivity index (χ2v) is 5.76. The van der Waals surface area contributed by atoms with Crippen LogP contribution in [0.1, 0.15) is 11.1 Å². The van der Waals surface area contributed by atoms with Crippen molar-refractivity contribution >= 4 is 11.6 Å². The van der Waals surface area contributed by atoms with E-state index in [0.29, 0.717) is 16.8 Å². The summed E-state index contributed by atoms with van der Waals surface area (Å²) in [5.41, 5.74) is 6.54. The predicted octanol–water partition coefficient (Wildman–Crippen LogP) is 1.74. The number of nitrogens with zero attached hydrogens (tertiary/aromatic N) is 2. The van der Waals surface area contributed by atoms with Gasteiger partial charge in [-0.3, -0.25) is 4.79 Å². The van der Waals surface area contributed by atoms with Crippen molar-refractivity contribution in [1.29, 1.82) is 5.26 Å². The second kappa shape index (κ2) is 4.52. The Morgan fingerprint density at radius 2 is 2.00 bits per heavy atom. The van der Waals surface area contributed by atoms with Crippen LogP contribution in [0.5, 0.6) is 11.5 Å². The molecule has 3 N–H and O–H groups in total. The fourth-order valence-corrected chi connectivity index (χ4v) is 3.59. The van der Waals surface area contributed by atoms with Crippen LogP contribution in [-0.4, -0.2) is 18.1 Å². The van der Waals surface area contributed by atoms with Crippen molar-refractivity contribution in [1.82, 2.24) is 0 Å². The minimum atomic E-state index is -1.36. The first-order valence-electron chi connectivity index (χ1n) is 7.31. The van der Waals surface area contributed by atoms with Gasteiger partial charge >= 0.3 is 0 Å². The van der Waals surface area contributed by atoms with Crippen molar-refractivity contribution in [3.8, 4) is 17.6 Å². The number of ether oxygens (including phenoxy) is 1. The van der Waals surface area contributed by atoms with Crippen molar-refractivity contribution in [2.45, 2.75) is 5.41 Å². The fourth-order valence-electron chi connectivity index (χ4n) is 3.59. The van der Waals surface area contributed by atoms with E-state index in [1.54, 1.807) is 13.1 Å². The second-order valence-electron chi connectivity index (χ2n) is 5.76. The van der Waals surface area contributed by atoms with E-state index in [1.165, 1.54) is 17.0 Å². The Morgan fingerprint density at radius 3 is 2.75 bits per heavy atom. The van der Waals surface area contributed by atoms with Crippen LogP contribution < -0.4 is 15.4 Å². The molecule has 0 saturated carbocycles. The zero-order valence-electron chi connectivity index (χ0n) is 12.8. The third kappa shape index (κ3) is 1.46. The third-order valence-corrected chi connectivity index (χ3v) is 4.62. The van der Waals surface area contributed by atoms with Gasteiger partial charge in [0.2, 0.25) is 11.8 Å². The van der Waals surface area contributed by atoms with Crippen LogP contribution in [0.15, 0.2) is 53.9 Å². The molecule has 0 aromatic heterocycles. The summed E-state index contributed by atoms with van der Waals surface area (Å²) in [6, 6.07) is 13.8. The van der Waals surface area contributed by atoms with Gasteiger partial charge in [0.25, 0.3) is 0 Å². The highest BCUT2D eigenvalue weighted by Crippen LogP contribution is 2.55. The number of anilines is 1. The summed E-state index contributed by atoms with van der Waals surface area (Å²) in [5, 5.41) is 19.5. The van der Waals surface area contributed by atoms with Gasteiger partial charge in [-0.1, -0.05) is 18.2 Å². The SMILES string of the molecule is CN1C(=O)[C@]2(C(C#N)=C(N)Oc3cc(O)ccc32)c2ccccc21. The van der Waals surface area contributed by atoms with E-state index < -0.39 is 5.41 Å². The number of carbonyl (C=O) groups is 1. The molecule has 2 aliphatic rings. The molecule has 0 bridgehead atoms. The Balaban J connectivity index is 2.17. The Bertz CT molecular complexity index is 974. The summed E-state index contributed by atoms with van der Waals surface area (Å²) in [5.74, 6) is -0.151. The molecular formula is C18H13N3O3. The van der Waals surface area contributed by atoms with E-state index in [4.69, 9.17) is 10.5 Å². The summed E-state index contributed by atoms with van der Waals surface area (Å²) in [7, 11) is 1.66. The van der Waals surface area contributed by atoms with Gasteiger partial charge in [0.05, 0.1) is 0 Å². The molecule has 0 radical (unpaired) electrons. The number of likely N-dealkylation sites (N-methyl/N-ethyl adjacent to an activating group) is 1. The highest BCUT2D eigenvalue weighted by molar-refractivity contribution is 6.13. The van der Waals surface area contributed by atoms with Gasteiger partial charge in [0.15, 0.2) is 0 Å². The van der Waals surface area contributed by atoms with Gasteiger partial charge in [-0.05, 0) is 18.2 Å². The zero-order valence-corrected chi connectivity index (χ0v) is 12.8. The van der Waals surface area contributed by atoms with Crippen LogP contribution >= 0.6 is 0 Å². The van der Waals surface area contributed by atoms with Crippen LogP contribution in [0, 0.1) is 11.3 Å². The van der Waals surface area contributed by atoms with E-state index in [2.05, 4.69) is 6.07 Å². The van der Waals surface area contributed by atoms with Crippen molar-refractivity contribution < 1.29 is 14.6 Å². The molecule has 0 saturated heterocycles. The first kappa shape index (κ1) is 14.2. The molecule has 4 rings (SSSR count). The molecule has 118 valence electrons. The molecule has 1 spiro atoms. The van der Waals surface area contributed by atoms with Gasteiger partial charge in [-0.2, -0.15) is 5.26 Å². The monoisotopic (exact) mass is 319 g/mol. The lowest BCUT2D eigenvalue weighted by Crippen LogP contribution is -2.44. The number of para-hydroxylation sites is 1. The largest absolute Gasteiger partial charge is 0.508 e. The van der Waals surface area contributed by atoms with Gasteiger partial charge in [-0.25, -0.2) is 0 Å². The zero-order chi connectivity index (χ0) is 17.1. The number of amides is 1. The first-order chi connectivity index (χ1) is 11.5. The van der Waals surface area contributed by atoms with Crippen LogP contribution in [0.2, 0.25) is 0 Å². The van der Waals surface area contributed by atoms with Crippen LogP contribution in [0.25, 0.3) is 0 Å². The molecule has 6 heteroatoms. The van der Waals surface area contributed by atoms with Gasteiger partial charge < -0.3 is 20.5 Å². The lowest BCUT2D eigenvalue weighted by molar-refractivity contribution is -0.120. The highest BCUT2D eigenvalue weighted by Gasteiger charge is 2.58. The lowest BCUT2D eigenvalue weighted by Gasteiger charge is -2.34. The molecule has 1 amide bonds. The molecule has 2 aliphatic heterocycles. The molecule has 2 aromatic rings. The third-order valence-electron chi connectivity index (χ3n) is 4.62. The minimum Gasteiger partial charge on any atom is -0.508 e. The number of phenols is 1. The topological polar surface area (TPSA) is 99.6 Å². The molecule has 24 heavy (non-hydrogen) atoms. The lowest BCUT2D eigenvalue weighted by atomic mass is 9.69. The summed E-state index contributed by atoms with van der Waals surface area (Å²) in [6.07, 6.45) is 0. The van der Waals surface area contributed by atoms with E-state index >= 15 is 0 Å². The number of hydrogen-bond donors (Lipinski definition) is 2. The number of carbonyl (C=O) groups excluding carboxylic acids is 1. The Morgan fingerprint density at radius 1 is 1.25 bits per heavy atom. The fraction of sp³-hybridized carbons (Fsp3) is 0.111. The van der Waals surface area contributed by atoms with E-state index in [9.17, 15) is 15.2 Å². The van der Waals surface area contributed by atoms with Crippen molar-refractivity contribution in [3.05, 3.63) is 65.0 Å². The van der Waals surface area contributed by atoms with Gasteiger partial charge in [0.1, 0.15) is 28.6 Å². The summed E-state index contributed by atoms with van der Waals surface area (Å²) >= 11 is 0. The normalized spacial score (nSPS) is 21.3. The maximum Gasteiger partial charge on any atom is 0.247 e. The summed E-state index contributed by atoms with van der Waals surface area (Å²) in [4.78, 5) is 14.8. The van der Waals surface area contributed by atoms with E-state index in [0.717, 1.165) is 0 Å². The van der Waals surface area contributed by atoms with Crippen molar-refractivity contribution in [3.63, 3.8) is 0 Å². The number of hydrogen-bond acceptors (Lipinski definition) is 5. The van der Waals surface area contributed by atoms with E-state index in [1.807, 2.05) is 24.3 Å². The molecule has 0 fully saturated rings. The molecule has 2 aromatic carbocycles. The van der Waals surface area contributed by atoms with Crippen LogP contribution in [0.3, 0.4) is 0 Å². The van der Waals surface area contributed by atoms with Crippen molar-refractivity contribution in [2.75, 3.05) is 11.9 Å². The van der Waals surface area contributed by atoms with Crippen LogP contribution in [-0.2, 0) is 10.2 Å². The molecule has 0 aliphatic carbocycles. The Kier molecular flexibility index (Phi) is 2.67. The van der Waals surface area contributed by atoms with Gasteiger partial charge in [-0.15, -0.1) is 0 Å². The molecular weight excluding hydrogens is 306 g/mol.